The highest BCUT2D eigenvalue weighted by molar-refractivity contribution is 6.30. The molecule has 1 heterocycles. The predicted molar refractivity (Wildman–Crippen MR) is 109 cm³/mol. The number of aromatic hydroxyl groups is 1. The Morgan fingerprint density at radius 3 is 2.52 bits per heavy atom. The fourth-order valence-electron chi connectivity index (χ4n) is 3.19. The van der Waals surface area contributed by atoms with E-state index in [-0.39, 0.29) is 18.0 Å². The highest BCUT2D eigenvalue weighted by atomic mass is 35.5. The van der Waals surface area contributed by atoms with Crippen molar-refractivity contribution in [1.29, 1.82) is 0 Å². The molecular formula is C22H21ClFNO4. The van der Waals surface area contributed by atoms with Crippen molar-refractivity contribution >= 4 is 34.4 Å². The van der Waals surface area contributed by atoms with Gasteiger partial charge in [0.15, 0.2) is 11.6 Å². The number of hydrogen-bond donors (Lipinski definition) is 1. The second-order valence-electron chi connectivity index (χ2n) is 6.92. The van der Waals surface area contributed by atoms with Crippen LogP contribution in [0.25, 0.3) is 10.9 Å². The van der Waals surface area contributed by atoms with E-state index < -0.39 is 23.4 Å². The Morgan fingerprint density at radius 2 is 1.90 bits per heavy atom. The number of ether oxygens (including phenoxy) is 1. The summed E-state index contributed by atoms with van der Waals surface area (Å²) < 4.78 is 20.8. The number of fused-ring (bicyclic) bond motifs is 1. The first-order valence-electron chi connectivity index (χ1n) is 9.25. The number of benzene rings is 2. The topological polar surface area (TPSA) is 68.5 Å². The summed E-state index contributed by atoms with van der Waals surface area (Å²) in [5, 5.41) is 10.8. The molecule has 0 radical (unpaired) electrons. The maximum atomic E-state index is 14.1. The zero-order valence-electron chi connectivity index (χ0n) is 16.3. The molecule has 0 saturated heterocycles. The molecule has 0 fully saturated rings. The van der Waals surface area contributed by atoms with Crippen LogP contribution >= 0.6 is 11.6 Å². The molecule has 0 saturated carbocycles. The van der Waals surface area contributed by atoms with Gasteiger partial charge < -0.3 is 9.84 Å². The molecule has 3 rings (SSSR count). The lowest BCUT2D eigenvalue weighted by molar-refractivity contribution is -0.147. The molecule has 0 aliphatic heterocycles. The highest BCUT2D eigenvalue weighted by Gasteiger charge is 2.24. The van der Waals surface area contributed by atoms with E-state index in [1.54, 1.807) is 38.1 Å². The lowest BCUT2D eigenvalue weighted by Gasteiger charge is -2.11. The molecule has 1 unspecified atom stereocenters. The molecule has 152 valence electrons. The third-order valence-electron chi connectivity index (χ3n) is 4.93. The van der Waals surface area contributed by atoms with E-state index in [4.69, 9.17) is 16.3 Å². The molecule has 3 aromatic rings. The van der Waals surface area contributed by atoms with Crippen molar-refractivity contribution in [2.45, 2.75) is 39.7 Å². The maximum absolute atomic E-state index is 14.1. The van der Waals surface area contributed by atoms with Gasteiger partial charge in [0.05, 0.1) is 18.0 Å². The Bertz CT molecular complexity index is 1090. The summed E-state index contributed by atoms with van der Waals surface area (Å²) in [6.45, 7) is 5.37. The van der Waals surface area contributed by atoms with Crippen molar-refractivity contribution in [3.8, 4) is 5.75 Å². The molecule has 1 atom stereocenters. The standard InChI is InChI=1S/C22H21ClFNO4/c1-4-12(2)29-21(27)10-16-13(3)25(19-11-18(24)20(26)9-17(16)19)22(28)14-5-7-15(23)8-6-14/h5-9,11-12,26H,4,10H2,1-3H3. The molecule has 0 bridgehead atoms. The monoisotopic (exact) mass is 417 g/mol. The average Bonchev–Trinajstić information content (AvgIpc) is 2.93. The van der Waals surface area contributed by atoms with E-state index in [0.717, 1.165) is 6.07 Å². The molecule has 0 amide bonds. The molecule has 7 heteroatoms. The first kappa shape index (κ1) is 20.9. The van der Waals surface area contributed by atoms with E-state index in [2.05, 4.69) is 0 Å². The number of phenols is 1. The quantitative estimate of drug-likeness (QED) is 0.592. The SMILES string of the molecule is CCC(C)OC(=O)Cc1c(C)n(C(=O)c2ccc(Cl)cc2)c2cc(F)c(O)cc12. The van der Waals surface area contributed by atoms with E-state index in [1.165, 1.54) is 10.6 Å². The molecule has 1 aromatic heterocycles. The minimum atomic E-state index is -0.853. The predicted octanol–water partition coefficient (Wildman–Crippen LogP) is 5.02. The minimum absolute atomic E-state index is 0.0986. The van der Waals surface area contributed by atoms with Crippen LogP contribution in [0.5, 0.6) is 5.75 Å². The maximum Gasteiger partial charge on any atom is 0.310 e. The summed E-state index contributed by atoms with van der Waals surface area (Å²) in [7, 11) is 0. The summed E-state index contributed by atoms with van der Waals surface area (Å²) in [5.41, 5.74) is 1.61. The fraction of sp³-hybridized carbons (Fsp3) is 0.273. The molecule has 5 nitrogen and oxygen atoms in total. The van der Waals surface area contributed by atoms with Crippen LogP contribution in [0, 0.1) is 12.7 Å². The van der Waals surface area contributed by atoms with Crippen molar-refractivity contribution in [2.24, 2.45) is 0 Å². The zero-order valence-corrected chi connectivity index (χ0v) is 17.1. The zero-order chi connectivity index (χ0) is 21.3. The summed E-state index contributed by atoms with van der Waals surface area (Å²) in [4.78, 5) is 25.5. The molecule has 1 N–H and O–H groups in total. The normalized spacial score (nSPS) is 12.2. The first-order chi connectivity index (χ1) is 13.7. The van der Waals surface area contributed by atoms with Crippen molar-refractivity contribution < 1.29 is 23.8 Å². The number of phenolic OH excluding ortho intramolecular Hbond substituents is 1. The summed E-state index contributed by atoms with van der Waals surface area (Å²) in [6, 6.07) is 8.65. The van der Waals surface area contributed by atoms with Crippen LogP contribution < -0.4 is 0 Å². The highest BCUT2D eigenvalue weighted by Crippen LogP contribution is 2.32. The van der Waals surface area contributed by atoms with E-state index in [0.29, 0.717) is 33.7 Å². The van der Waals surface area contributed by atoms with Gasteiger partial charge in [-0.2, -0.15) is 0 Å². The van der Waals surface area contributed by atoms with Crippen LogP contribution in [0.4, 0.5) is 4.39 Å². The smallest absolute Gasteiger partial charge is 0.310 e. The Kier molecular flexibility index (Phi) is 5.94. The van der Waals surface area contributed by atoms with Crippen LogP contribution in [0.3, 0.4) is 0 Å². The van der Waals surface area contributed by atoms with Crippen LogP contribution in [0.2, 0.25) is 5.02 Å². The number of hydrogen-bond acceptors (Lipinski definition) is 4. The van der Waals surface area contributed by atoms with Crippen LogP contribution in [0.1, 0.15) is 41.9 Å². The molecule has 0 aliphatic carbocycles. The Labute approximate surface area is 172 Å². The summed E-state index contributed by atoms with van der Waals surface area (Å²) in [5.74, 6) is -2.25. The number of nitrogens with zero attached hydrogens (tertiary/aromatic N) is 1. The molecule has 0 aliphatic rings. The van der Waals surface area contributed by atoms with Crippen LogP contribution in [-0.4, -0.2) is 27.7 Å². The fourth-order valence-corrected chi connectivity index (χ4v) is 3.31. The van der Waals surface area contributed by atoms with Crippen molar-refractivity contribution in [3.05, 3.63) is 64.1 Å². The second kappa shape index (κ2) is 8.25. The van der Waals surface area contributed by atoms with Gasteiger partial charge in [0.1, 0.15) is 0 Å². The van der Waals surface area contributed by atoms with Gasteiger partial charge in [0.2, 0.25) is 0 Å². The molecule has 2 aromatic carbocycles. The van der Waals surface area contributed by atoms with Gasteiger partial charge in [0.25, 0.3) is 5.91 Å². The van der Waals surface area contributed by atoms with E-state index in [1.807, 2.05) is 6.92 Å². The van der Waals surface area contributed by atoms with Gasteiger partial charge in [-0.25, -0.2) is 4.39 Å². The Balaban J connectivity index is 2.13. The summed E-state index contributed by atoms with van der Waals surface area (Å²) >= 11 is 5.89. The lowest BCUT2D eigenvalue weighted by Crippen LogP contribution is -2.17. The number of halogens is 2. The molecular weight excluding hydrogens is 397 g/mol. The van der Waals surface area contributed by atoms with Crippen molar-refractivity contribution in [2.75, 3.05) is 0 Å². The van der Waals surface area contributed by atoms with Gasteiger partial charge in [-0.15, -0.1) is 0 Å². The Morgan fingerprint density at radius 1 is 1.24 bits per heavy atom. The van der Waals surface area contributed by atoms with Gasteiger partial charge >= 0.3 is 5.97 Å². The number of esters is 1. The molecule has 0 spiro atoms. The number of carbonyl (C=O) groups excluding carboxylic acids is 2. The third kappa shape index (κ3) is 4.12. The minimum Gasteiger partial charge on any atom is -0.505 e. The third-order valence-corrected chi connectivity index (χ3v) is 5.18. The first-order valence-corrected chi connectivity index (χ1v) is 9.62. The van der Waals surface area contributed by atoms with Gasteiger partial charge in [0, 0.05) is 27.7 Å². The number of rotatable bonds is 5. The van der Waals surface area contributed by atoms with Gasteiger partial charge in [-0.05, 0) is 56.2 Å². The van der Waals surface area contributed by atoms with E-state index >= 15 is 0 Å². The Hall–Kier alpha value is -2.86. The second-order valence-corrected chi connectivity index (χ2v) is 7.35. The summed E-state index contributed by atoms with van der Waals surface area (Å²) in [6.07, 6.45) is 0.337. The molecule has 29 heavy (non-hydrogen) atoms. The van der Waals surface area contributed by atoms with Crippen molar-refractivity contribution in [3.63, 3.8) is 0 Å². The van der Waals surface area contributed by atoms with E-state index in [9.17, 15) is 19.1 Å². The van der Waals surface area contributed by atoms with Crippen molar-refractivity contribution in [1.82, 2.24) is 4.57 Å². The largest absolute Gasteiger partial charge is 0.505 e. The number of aromatic nitrogens is 1. The van der Waals surface area contributed by atoms with Gasteiger partial charge in [-0.3, -0.25) is 14.2 Å². The number of carbonyl (C=O) groups is 2. The van der Waals surface area contributed by atoms with Crippen LogP contribution in [0.15, 0.2) is 36.4 Å². The van der Waals surface area contributed by atoms with Gasteiger partial charge in [-0.1, -0.05) is 18.5 Å². The lowest BCUT2D eigenvalue weighted by atomic mass is 10.1. The average molecular weight is 418 g/mol. The van der Waals surface area contributed by atoms with Crippen LogP contribution in [-0.2, 0) is 16.0 Å².